The number of halogens is 1. The van der Waals surface area contributed by atoms with Gasteiger partial charge in [-0.1, -0.05) is 23.7 Å². The van der Waals surface area contributed by atoms with Gasteiger partial charge in [0.2, 0.25) is 0 Å². The molecule has 7 heteroatoms. The smallest absolute Gasteiger partial charge is 0.258 e. The Bertz CT molecular complexity index is 930. The van der Waals surface area contributed by atoms with Crippen molar-refractivity contribution in [2.45, 2.75) is 13.1 Å². The Kier molecular flexibility index (Phi) is 4.85. The number of thiazole rings is 1. The lowest BCUT2D eigenvalue weighted by Crippen LogP contribution is -2.45. The average Bonchev–Trinajstić information content (AvgIpc) is 3.06. The first-order valence-corrected chi connectivity index (χ1v) is 9.58. The molecule has 0 bridgehead atoms. The first-order valence-electron chi connectivity index (χ1n) is 8.32. The Labute approximate surface area is 155 Å². The van der Waals surface area contributed by atoms with Crippen LogP contribution in [0.2, 0.25) is 5.02 Å². The highest BCUT2D eigenvalue weighted by molar-refractivity contribution is 7.15. The van der Waals surface area contributed by atoms with E-state index in [0.29, 0.717) is 0 Å². The molecule has 0 unspecified atom stereocenters. The molecule has 1 saturated heterocycles. The van der Waals surface area contributed by atoms with Crippen LogP contribution >= 0.6 is 22.9 Å². The molecule has 0 N–H and O–H groups in total. The molecule has 2 aromatic heterocycles. The summed E-state index contributed by atoms with van der Waals surface area (Å²) in [6, 6.07) is 9.70. The number of fused-ring (bicyclic) bond motifs is 1. The summed E-state index contributed by atoms with van der Waals surface area (Å²) in [6.45, 7) is 5.63. The van der Waals surface area contributed by atoms with Crippen molar-refractivity contribution >= 4 is 27.9 Å². The van der Waals surface area contributed by atoms with Gasteiger partial charge in [0.05, 0.1) is 5.69 Å². The molecule has 130 valence electrons. The van der Waals surface area contributed by atoms with Gasteiger partial charge in [0, 0.05) is 61.9 Å². The molecule has 0 saturated carbocycles. The van der Waals surface area contributed by atoms with Gasteiger partial charge < -0.3 is 0 Å². The molecule has 1 aromatic carbocycles. The summed E-state index contributed by atoms with van der Waals surface area (Å²) >= 11 is 7.56. The highest BCUT2D eigenvalue weighted by Crippen LogP contribution is 2.15. The summed E-state index contributed by atoms with van der Waals surface area (Å²) in [5, 5.41) is 2.68. The normalized spacial score (nSPS) is 16.5. The van der Waals surface area contributed by atoms with Crippen LogP contribution in [-0.4, -0.2) is 45.4 Å². The van der Waals surface area contributed by atoms with Gasteiger partial charge in [-0.3, -0.25) is 19.0 Å². The fraction of sp³-hybridized carbons (Fsp3) is 0.333. The Hall–Kier alpha value is -1.73. The van der Waals surface area contributed by atoms with Gasteiger partial charge in [0.15, 0.2) is 4.96 Å². The Morgan fingerprint density at radius 1 is 1.08 bits per heavy atom. The molecule has 5 nitrogen and oxygen atoms in total. The van der Waals surface area contributed by atoms with Crippen LogP contribution in [0.3, 0.4) is 0 Å². The standard InChI is InChI=1S/C18H19ClN4OS/c19-15-3-1-2-14(10-15)12-21-4-6-22(7-5-21)13-16-11-17(24)23-8-9-25-18(23)20-16/h1-3,8-11H,4-7,12-13H2. The van der Waals surface area contributed by atoms with Crippen LogP contribution in [0.5, 0.6) is 0 Å². The van der Waals surface area contributed by atoms with Gasteiger partial charge >= 0.3 is 0 Å². The maximum absolute atomic E-state index is 12.1. The molecule has 0 radical (unpaired) electrons. The van der Waals surface area contributed by atoms with Gasteiger partial charge in [-0.2, -0.15) is 0 Å². The van der Waals surface area contributed by atoms with Crippen LogP contribution < -0.4 is 5.56 Å². The lowest BCUT2D eigenvalue weighted by molar-refractivity contribution is 0.121. The van der Waals surface area contributed by atoms with Crippen molar-refractivity contribution in [1.82, 2.24) is 19.2 Å². The third kappa shape index (κ3) is 3.93. The molecule has 0 atom stereocenters. The fourth-order valence-corrected chi connectivity index (χ4v) is 4.15. The summed E-state index contributed by atoms with van der Waals surface area (Å²) in [4.78, 5) is 22.2. The predicted octanol–water partition coefficient (Wildman–Crippen LogP) is 2.73. The summed E-state index contributed by atoms with van der Waals surface area (Å²) in [5.41, 5.74) is 2.11. The molecular weight excluding hydrogens is 356 g/mol. The second kappa shape index (κ2) is 7.25. The van der Waals surface area contributed by atoms with Crippen LogP contribution in [0, 0.1) is 0 Å². The second-order valence-electron chi connectivity index (χ2n) is 6.32. The van der Waals surface area contributed by atoms with Crippen molar-refractivity contribution < 1.29 is 0 Å². The minimum Gasteiger partial charge on any atom is -0.297 e. The van der Waals surface area contributed by atoms with Crippen LogP contribution in [0.4, 0.5) is 0 Å². The van der Waals surface area contributed by atoms with Crippen LogP contribution in [0.15, 0.2) is 46.7 Å². The largest absolute Gasteiger partial charge is 0.297 e. The molecule has 1 aliphatic rings. The van der Waals surface area contributed by atoms with E-state index in [0.717, 1.165) is 54.9 Å². The second-order valence-corrected chi connectivity index (χ2v) is 7.63. The van der Waals surface area contributed by atoms with E-state index in [1.165, 1.54) is 16.9 Å². The van der Waals surface area contributed by atoms with Gasteiger partial charge in [-0.15, -0.1) is 11.3 Å². The Morgan fingerprint density at radius 3 is 2.60 bits per heavy atom. The number of aromatic nitrogens is 2. The van der Waals surface area contributed by atoms with E-state index >= 15 is 0 Å². The summed E-state index contributed by atoms with van der Waals surface area (Å²) < 4.78 is 1.59. The highest BCUT2D eigenvalue weighted by Gasteiger charge is 2.18. The molecule has 4 rings (SSSR count). The minimum absolute atomic E-state index is 0.000780. The first-order chi connectivity index (χ1) is 12.2. The van der Waals surface area contributed by atoms with Gasteiger partial charge in [-0.05, 0) is 17.7 Å². The number of benzene rings is 1. The van der Waals surface area contributed by atoms with Gasteiger partial charge in [0.1, 0.15) is 0 Å². The lowest BCUT2D eigenvalue weighted by Gasteiger charge is -2.34. The van der Waals surface area contributed by atoms with E-state index in [2.05, 4.69) is 20.9 Å². The minimum atomic E-state index is 0.000780. The zero-order valence-corrected chi connectivity index (χ0v) is 15.3. The van der Waals surface area contributed by atoms with Crippen molar-refractivity contribution in [3.05, 3.63) is 68.5 Å². The molecule has 25 heavy (non-hydrogen) atoms. The molecule has 0 spiro atoms. The van der Waals surface area contributed by atoms with Crippen molar-refractivity contribution in [2.75, 3.05) is 26.2 Å². The van der Waals surface area contributed by atoms with E-state index in [9.17, 15) is 4.79 Å². The Morgan fingerprint density at radius 2 is 1.84 bits per heavy atom. The summed E-state index contributed by atoms with van der Waals surface area (Å²) in [5.74, 6) is 0. The molecule has 0 aliphatic carbocycles. The third-order valence-corrected chi connectivity index (χ3v) is 5.49. The lowest BCUT2D eigenvalue weighted by atomic mass is 10.2. The third-order valence-electron chi connectivity index (χ3n) is 4.50. The first kappa shape index (κ1) is 16.7. The zero-order chi connectivity index (χ0) is 17.2. The van der Waals surface area contributed by atoms with Crippen molar-refractivity contribution in [2.24, 2.45) is 0 Å². The summed E-state index contributed by atoms with van der Waals surface area (Å²) in [7, 11) is 0. The molecule has 1 aliphatic heterocycles. The quantitative estimate of drug-likeness (QED) is 0.704. The average molecular weight is 375 g/mol. The van der Waals surface area contributed by atoms with Crippen molar-refractivity contribution in [3.8, 4) is 0 Å². The molecular formula is C18H19ClN4OS. The van der Waals surface area contributed by atoms with E-state index in [-0.39, 0.29) is 5.56 Å². The fourth-order valence-electron chi connectivity index (χ4n) is 3.20. The maximum atomic E-state index is 12.1. The zero-order valence-electron chi connectivity index (χ0n) is 13.8. The topological polar surface area (TPSA) is 40.9 Å². The maximum Gasteiger partial charge on any atom is 0.258 e. The SMILES string of the molecule is O=c1cc(CN2CCN(Cc3cccc(Cl)c3)CC2)nc2sccn12. The van der Waals surface area contributed by atoms with E-state index in [4.69, 9.17) is 11.6 Å². The van der Waals surface area contributed by atoms with E-state index in [1.807, 2.05) is 23.6 Å². The van der Waals surface area contributed by atoms with Crippen LogP contribution in [0.25, 0.3) is 4.96 Å². The number of hydrogen-bond acceptors (Lipinski definition) is 5. The van der Waals surface area contributed by atoms with Crippen LogP contribution in [0.1, 0.15) is 11.3 Å². The molecule has 3 aromatic rings. The molecule has 0 amide bonds. The Balaban J connectivity index is 1.36. The predicted molar refractivity (Wildman–Crippen MR) is 101 cm³/mol. The summed E-state index contributed by atoms with van der Waals surface area (Å²) in [6.07, 6.45) is 1.77. The molecule has 1 fully saturated rings. The monoisotopic (exact) mass is 374 g/mol. The highest BCUT2D eigenvalue weighted by atomic mass is 35.5. The number of rotatable bonds is 4. The van der Waals surface area contributed by atoms with Crippen molar-refractivity contribution in [1.29, 1.82) is 0 Å². The molecule has 3 heterocycles. The van der Waals surface area contributed by atoms with Crippen molar-refractivity contribution in [3.63, 3.8) is 0 Å². The number of nitrogens with zero attached hydrogens (tertiary/aromatic N) is 4. The van der Waals surface area contributed by atoms with Crippen LogP contribution in [-0.2, 0) is 13.1 Å². The number of hydrogen-bond donors (Lipinski definition) is 0. The van der Waals surface area contributed by atoms with Gasteiger partial charge in [-0.25, -0.2) is 4.98 Å². The number of piperazine rings is 1. The van der Waals surface area contributed by atoms with E-state index < -0.39 is 0 Å². The van der Waals surface area contributed by atoms with Gasteiger partial charge in [0.25, 0.3) is 5.56 Å². The van der Waals surface area contributed by atoms with E-state index in [1.54, 1.807) is 16.7 Å².